The molecular weight excluding hydrogens is 564 g/mol. The van der Waals surface area contributed by atoms with E-state index in [1.54, 1.807) is 4.57 Å². The molecule has 198 valence electrons. The Bertz CT molecular complexity index is 1730. The van der Waals surface area contributed by atoms with Gasteiger partial charge in [-0.05, 0) is 52.5 Å². The molecule has 1 unspecified atom stereocenters. The van der Waals surface area contributed by atoms with Crippen molar-refractivity contribution in [2.75, 3.05) is 11.5 Å². The molecule has 3 aromatic heterocycles. The average molecular weight is 589 g/mol. The van der Waals surface area contributed by atoms with Crippen LogP contribution in [-0.4, -0.2) is 53.6 Å². The van der Waals surface area contributed by atoms with Crippen LogP contribution in [0.15, 0.2) is 71.6 Å². The highest BCUT2D eigenvalue weighted by Gasteiger charge is 2.63. The largest absolute Gasteiger partial charge is 0.488 e. The number of pyridine rings is 1. The maximum absolute atomic E-state index is 11.6. The van der Waals surface area contributed by atoms with Crippen LogP contribution in [0, 0.1) is 0 Å². The standard InChI is InChI=1S/C28H25BrN6O4/c29-18-10-15-6-7-16(11-19(15)34-24(18)30)38-20-8-9-28(37)22(36)27(39-23(20)28)35-12-17(14-4-2-1-3-5-14)21-25(31)32-13-33-26(21)35/h1-7,10-13,20,22-23,27,36-37H,8-9H2,(H2,30,34)(H2,31,32,33)/t20-,22?,23+,27+,28-/m0/s1. The zero-order chi connectivity index (χ0) is 26.9. The van der Waals surface area contributed by atoms with Gasteiger partial charge < -0.3 is 35.7 Å². The molecule has 0 spiro atoms. The van der Waals surface area contributed by atoms with Crippen molar-refractivity contribution < 1.29 is 19.7 Å². The molecule has 7 rings (SSSR count). The Balaban J connectivity index is 1.23. The fraction of sp³-hybridized carbons (Fsp3) is 0.250. The maximum Gasteiger partial charge on any atom is 0.164 e. The van der Waals surface area contributed by atoms with E-state index in [1.165, 1.54) is 6.33 Å². The molecule has 5 atom stereocenters. The lowest BCUT2D eigenvalue weighted by molar-refractivity contribution is -0.0791. The summed E-state index contributed by atoms with van der Waals surface area (Å²) in [6, 6.07) is 17.2. The summed E-state index contributed by atoms with van der Waals surface area (Å²) in [7, 11) is 0. The van der Waals surface area contributed by atoms with Gasteiger partial charge in [-0.15, -0.1) is 0 Å². The van der Waals surface area contributed by atoms with Crippen LogP contribution in [0.5, 0.6) is 5.75 Å². The van der Waals surface area contributed by atoms with Gasteiger partial charge in [0.25, 0.3) is 0 Å². The molecule has 1 aliphatic carbocycles. The molecule has 1 aliphatic heterocycles. The molecule has 39 heavy (non-hydrogen) atoms. The SMILES string of the molecule is Nc1nc2cc(O[C@H]3CC[C@]4(O)C(O)[C@H](n5cc(-c6ccccc6)c6c(N)ncnc65)O[C@H]34)ccc2cc1Br. The molecule has 2 aliphatic rings. The van der Waals surface area contributed by atoms with Crippen LogP contribution in [0.2, 0.25) is 0 Å². The van der Waals surface area contributed by atoms with Gasteiger partial charge in [-0.25, -0.2) is 15.0 Å². The molecule has 0 amide bonds. The fourth-order valence-corrected chi connectivity index (χ4v) is 6.18. The number of nitrogens with zero attached hydrogens (tertiary/aromatic N) is 4. The van der Waals surface area contributed by atoms with Gasteiger partial charge in [-0.3, -0.25) is 0 Å². The Morgan fingerprint density at radius 2 is 1.90 bits per heavy atom. The van der Waals surface area contributed by atoms with Crippen LogP contribution in [0.1, 0.15) is 19.1 Å². The number of anilines is 2. The Hall–Kier alpha value is -3.77. The number of benzene rings is 2. The smallest absolute Gasteiger partial charge is 0.164 e. The highest BCUT2D eigenvalue weighted by Crippen LogP contribution is 2.49. The summed E-state index contributed by atoms with van der Waals surface area (Å²) in [5.74, 6) is 1.28. The summed E-state index contributed by atoms with van der Waals surface area (Å²) in [5.41, 5.74) is 13.7. The Morgan fingerprint density at radius 3 is 2.72 bits per heavy atom. The third kappa shape index (κ3) is 3.76. The zero-order valence-corrected chi connectivity index (χ0v) is 22.2. The normalized spacial score (nSPS) is 26.3. The number of nitrogen functional groups attached to an aromatic ring is 2. The van der Waals surface area contributed by atoms with E-state index in [1.807, 2.05) is 60.8 Å². The number of aromatic nitrogens is 4. The van der Waals surface area contributed by atoms with Crippen molar-refractivity contribution in [1.82, 2.24) is 19.5 Å². The van der Waals surface area contributed by atoms with Gasteiger partial charge >= 0.3 is 0 Å². The van der Waals surface area contributed by atoms with Crippen molar-refractivity contribution in [2.45, 2.75) is 43.0 Å². The predicted octanol–water partition coefficient (Wildman–Crippen LogP) is 3.80. The van der Waals surface area contributed by atoms with Crippen molar-refractivity contribution in [3.63, 3.8) is 0 Å². The number of aliphatic hydroxyl groups excluding tert-OH is 1. The average Bonchev–Trinajstić information content (AvgIpc) is 3.55. The van der Waals surface area contributed by atoms with Crippen molar-refractivity contribution in [2.24, 2.45) is 0 Å². The Labute approximate surface area is 231 Å². The first-order valence-corrected chi connectivity index (χ1v) is 13.4. The summed E-state index contributed by atoms with van der Waals surface area (Å²) in [6.45, 7) is 0. The van der Waals surface area contributed by atoms with Crippen LogP contribution in [-0.2, 0) is 4.74 Å². The summed E-state index contributed by atoms with van der Waals surface area (Å²) in [5, 5.41) is 24.6. The van der Waals surface area contributed by atoms with E-state index in [0.29, 0.717) is 46.8 Å². The molecule has 6 N–H and O–H groups in total. The minimum atomic E-state index is -1.50. The van der Waals surface area contributed by atoms with Crippen molar-refractivity contribution in [1.29, 1.82) is 0 Å². The number of fused-ring (bicyclic) bond motifs is 3. The van der Waals surface area contributed by atoms with Gasteiger partial charge in [0.05, 0.1) is 15.4 Å². The molecule has 10 nitrogen and oxygen atoms in total. The molecule has 5 aromatic rings. The minimum Gasteiger partial charge on any atom is -0.488 e. The first-order chi connectivity index (χ1) is 18.8. The lowest BCUT2D eigenvalue weighted by Gasteiger charge is -2.26. The second kappa shape index (κ2) is 8.88. The van der Waals surface area contributed by atoms with Crippen molar-refractivity contribution >= 4 is 49.5 Å². The molecule has 2 aromatic carbocycles. The van der Waals surface area contributed by atoms with Crippen molar-refractivity contribution in [3.05, 3.63) is 71.6 Å². The highest BCUT2D eigenvalue weighted by molar-refractivity contribution is 9.10. The van der Waals surface area contributed by atoms with Crippen LogP contribution in [0.4, 0.5) is 11.6 Å². The summed E-state index contributed by atoms with van der Waals surface area (Å²) in [4.78, 5) is 13.1. The van der Waals surface area contributed by atoms with E-state index in [9.17, 15) is 10.2 Å². The van der Waals surface area contributed by atoms with Gasteiger partial charge in [0.2, 0.25) is 0 Å². The highest BCUT2D eigenvalue weighted by atomic mass is 79.9. The van der Waals surface area contributed by atoms with Crippen LogP contribution in [0.25, 0.3) is 33.1 Å². The van der Waals surface area contributed by atoms with E-state index >= 15 is 0 Å². The summed E-state index contributed by atoms with van der Waals surface area (Å²) >= 11 is 3.40. The van der Waals surface area contributed by atoms with Crippen molar-refractivity contribution in [3.8, 4) is 16.9 Å². The Kier molecular flexibility index (Phi) is 5.53. The van der Waals surface area contributed by atoms with Gasteiger partial charge in [0.1, 0.15) is 53.3 Å². The van der Waals surface area contributed by atoms with E-state index in [0.717, 1.165) is 21.0 Å². The van der Waals surface area contributed by atoms with E-state index in [-0.39, 0.29) is 0 Å². The zero-order valence-electron chi connectivity index (χ0n) is 20.6. The molecule has 0 radical (unpaired) electrons. The summed E-state index contributed by atoms with van der Waals surface area (Å²) in [6.07, 6.45) is 0.658. The lowest BCUT2D eigenvalue weighted by atomic mass is 9.94. The second-order valence-electron chi connectivity index (χ2n) is 10.1. The monoisotopic (exact) mass is 588 g/mol. The third-order valence-corrected chi connectivity index (χ3v) is 8.42. The molecule has 1 saturated carbocycles. The first-order valence-electron chi connectivity index (χ1n) is 12.6. The summed E-state index contributed by atoms with van der Waals surface area (Å²) < 4.78 is 15.1. The first kappa shape index (κ1) is 24.3. The minimum absolute atomic E-state index is 0.313. The Morgan fingerprint density at radius 1 is 1.08 bits per heavy atom. The topological polar surface area (TPSA) is 155 Å². The number of aliphatic hydroxyl groups is 2. The quantitative estimate of drug-likeness (QED) is 0.245. The van der Waals surface area contributed by atoms with Gasteiger partial charge in [0, 0.05) is 23.2 Å². The number of rotatable bonds is 4. The lowest BCUT2D eigenvalue weighted by Crippen LogP contribution is -2.47. The van der Waals surface area contributed by atoms with Gasteiger partial charge in [-0.2, -0.15) is 0 Å². The van der Waals surface area contributed by atoms with E-state index in [2.05, 4.69) is 30.9 Å². The molecule has 0 bridgehead atoms. The second-order valence-corrected chi connectivity index (χ2v) is 10.9. The fourth-order valence-electron chi connectivity index (χ4n) is 5.84. The van der Waals surface area contributed by atoms with E-state index in [4.69, 9.17) is 20.9 Å². The maximum atomic E-state index is 11.6. The molecule has 1 saturated heterocycles. The van der Waals surface area contributed by atoms with Gasteiger partial charge in [-0.1, -0.05) is 30.3 Å². The van der Waals surface area contributed by atoms with E-state index < -0.39 is 30.1 Å². The molecule has 2 fully saturated rings. The number of halogens is 1. The molecule has 11 heteroatoms. The number of ether oxygens (including phenoxy) is 2. The predicted molar refractivity (Wildman–Crippen MR) is 150 cm³/mol. The number of hydrogen-bond donors (Lipinski definition) is 4. The van der Waals surface area contributed by atoms with Crippen LogP contribution in [0.3, 0.4) is 0 Å². The van der Waals surface area contributed by atoms with Crippen LogP contribution < -0.4 is 16.2 Å². The number of hydrogen-bond acceptors (Lipinski definition) is 9. The van der Waals surface area contributed by atoms with Gasteiger partial charge in [0.15, 0.2) is 6.23 Å². The third-order valence-electron chi connectivity index (χ3n) is 7.78. The number of nitrogens with two attached hydrogens (primary N) is 2. The molecule has 4 heterocycles. The molecular formula is C28H25BrN6O4. The van der Waals surface area contributed by atoms with Crippen LogP contribution >= 0.6 is 15.9 Å².